The van der Waals surface area contributed by atoms with E-state index in [1.54, 1.807) is 36.3 Å². The van der Waals surface area contributed by atoms with Crippen LogP contribution in [0, 0.1) is 0 Å². The summed E-state index contributed by atoms with van der Waals surface area (Å²) < 4.78 is 10.0. The lowest BCUT2D eigenvalue weighted by atomic mass is 10.3. The average molecular weight is 277 g/mol. The van der Waals surface area contributed by atoms with Crippen LogP contribution in [0.2, 0.25) is 0 Å². The van der Waals surface area contributed by atoms with E-state index in [1.807, 2.05) is 0 Å². The number of furan rings is 1. The van der Waals surface area contributed by atoms with Gasteiger partial charge in [0, 0.05) is 18.7 Å². The molecule has 0 atom stereocenters. The second kappa shape index (κ2) is 6.93. The van der Waals surface area contributed by atoms with Crippen molar-refractivity contribution >= 4 is 18.0 Å². The molecule has 1 aromatic heterocycles. The average Bonchev–Trinajstić information content (AvgIpc) is 3.12. The zero-order chi connectivity index (χ0) is 14.4. The highest BCUT2D eigenvalue weighted by molar-refractivity contribution is 5.92. The minimum atomic E-state index is -0.263. The first-order chi connectivity index (χ1) is 9.70. The van der Waals surface area contributed by atoms with Crippen molar-refractivity contribution in [2.45, 2.75) is 32.2 Å². The summed E-state index contributed by atoms with van der Waals surface area (Å²) in [5, 5.41) is 0. The zero-order valence-corrected chi connectivity index (χ0v) is 11.6. The number of ether oxygens (including phenoxy) is 1. The number of carbonyl (C=O) groups excluding carboxylic acids is 2. The molecule has 0 bridgehead atoms. The van der Waals surface area contributed by atoms with Crippen molar-refractivity contribution in [3.63, 3.8) is 0 Å². The monoisotopic (exact) mass is 277 g/mol. The Bertz CT molecular complexity index is 474. The maximum absolute atomic E-state index is 12.1. The van der Waals surface area contributed by atoms with Crippen molar-refractivity contribution in [2.24, 2.45) is 0 Å². The summed E-state index contributed by atoms with van der Waals surface area (Å²) in [5.41, 5.74) is 0. The lowest BCUT2D eigenvalue weighted by molar-refractivity contribution is -0.143. The SMILES string of the molecule is CCOC(=O)CCN(C(=O)/C=C/c1ccco1)C1CC1. The molecule has 1 aliphatic carbocycles. The van der Waals surface area contributed by atoms with Crippen LogP contribution in [0.3, 0.4) is 0 Å². The normalized spacial score (nSPS) is 14.4. The summed E-state index contributed by atoms with van der Waals surface area (Å²) in [4.78, 5) is 25.2. The van der Waals surface area contributed by atoms with E-state index in [1.165, 1.54) is 6.08 Å². The van der Waals surface area contributed by atoms with E-state index in [0.29, 0.717) is 18.9 Å². The molecule has 5 nitrogen and oxygen atoms in total. The van der Waals surface area contributed by atoms with Crippen molar-refractivity contribution in [1.29, 1.82) is 0 Å². The summed E-state index contributed by atoms with van der Waals surface area (Å²) in [7, 11) is 0. The number of carbonyl (C=O) groups is 2. The summed E-state index contributed by atoms with van der Waals surface area (Å²) >= 11 is 0. The fraction of sp³-hybridized carbons (Fsp3) is 0.467. The third-order valence-corrected chi connectivity index (χ3v) is 3.07. The van der Waals surface area contributed by atoms with Gasteiger partial charge < -0.3 is 14.1 Å². The van der Waals surface area contributed by atoms with Gasteiger partial charge in [-0.2, -0.15) is 0 Å². The largest absolute Gasteiger partial charge is 0.466 e. The van der Waals surface area contributed by atoms with Gasteiger partial charge in [0.05, 0.1) is 19.3 Å². The molecule has 0 spiro atoms. The first-order valence-electron chi connectivity index (χ1n) is 6.88. The van der Waals surface area contributed by atoms with Gasteiger partial charge >= 0.3 is 5.97 Å². The molecule has 1 saturated carbocycles. The van der Waals surface area contributed by atoms with E-state index in [9.17, 15) is 9.59 Å². The molecule has 1 aliphatic rings. The lowest BCUT2D eigenvalue weighted by Crippen LogP contribution is -2.33. The number of rotatable bonds is 7. The van der Waals surface area contributed by atoms with Gasteiger partial charge in [-0.05, 0) is 38.0 Å². The number of amides is 1. The second-order valence-corrected chi connectivity index (χ2v) is 4.67. The number of hydrogen-bond acceptors (Lipinski definition) is 4. The molecule has 0 radical (unpaired) electrons. The summed E-state index contributed by atoms with van der Waals surface area (Å²) in [5.74, 6) is 0.286. The Morgan fingerprint density at radius 2 is 2.30 bits per heavy atom. The molecule has 0 aliphatic heterocycles. The van der Waals surface area contributed by atoms with Gasteiger partial charge in [0.1, 0.15) is 5.76 Å². The van der Waals surface area contributed by atoms with Crippen LogP contribution in [0.15, 0.2) is 28.9 Å². The predicted molar refractivity (Wildman–Crippen MR) is 73.7 cm³/mol. The molecule has 1 aromatic rings. The minimum Gasteiger partial charge on any atom is -0.466 e. The van der Waals surface area contributed by atoms with Crippen LogP contribution in [-0.2, 0) is 14.3 Å². The molecule has 0 aromatic carbocycles. The summed E-state index contributed by atoms with van der Waals surface area (Å²) in [6.45, 7) is 2.55. The quantitative estimate of drug-likeness (QED) is 0.566. The van der Waals surface area contributed by atoms with Crippen LogP contribution < -0.4 is 0 Å². The van der Waals surface area contributed by atoms with Crippen molar-refractivity contribution in [2.75, 3.05) is 13.2 Å². The number of nitrogens with zero attached hydrogens (tertiary/aromatic N) is 1. The first kappa shape index (κ1) is 14.4. The van der Waals surface area contributed by atoms with Crippen molar-refractivity contribution in [3.05, 3.63) is 30.2 Å². The van der Waals surface area contributed by atoms with Crippen LogP contribution in [0.4, 0.5) is 0 Å². The standard InChI is InChI=1S/C15H19NO4/c1-2-19-15(18)9-10-16(12-5-6-12)14(17)8-7-13-4-3-11-20-13/h3-4,7-8,11-12H,2,5-6,9-10H2,1H3/b8-7+. The second-order valence-electron chi connectivity index (χ2n) is 4.67. The molecule has 20 heavy (non-hydrogen) atoms. The fourth-order valence-electron chi connectivity index (χ4n) is 1.94. The van der Waals surface area contributed by atoms with E-state index in [4.69, 9.17) is 9.15 Å². The Hall–Kier alpha value is -2.04. The molecule has 0 saturated heterocycles. The van der Waals surface area contributed by atoms with Gasteiger partial charge in [-0.15, -0.1) is 0 Å². The topological polar surface area (TPSA) is 59.8 Å². The molecule has 2 rings (SSSR count). The maximum atomic E-state index is 12.1. The van der Waals surface area contributed by atoms with Gasteiger partial charge in [0.2, 0.25) is 5.91 Å². The highest BCUT2D eigenvalue weighted by Gasteiger charge is 2.31. The lowest BCUT2D eigenvalue weighted by Gasteiger charge is -2.20. The van der Waals surface area contributed by atoms with Gasteiger partial charge in [-0.1, -0.05) is 0 Å². The highest BCUT2D eigenvalue weighted by Crippen LogP contribution is 2.27. The van der Waals surface area contributed by atoms with E-state index in [-0.39, 0.29) is 24.3 Å². The third-order valence-electron chi connectivity index (χ3n) is 3.07. The van der Waals surface area contributed by atoms with Crippen molar-refractivity contribution in [3.8, 4) is 0 Å². The smallest absolute Gasteiger partial charge is 0.307 e. The van der Waals surface area contributed by atoms with Crippen LogP contribution in [-0.4, -0.2) is 36.0 Å². The molecule has 108 valence electrons. The first-order valence-corrected chi connectivity index (χ1v) is 6.88. The van der Waals surface area contributed by atoms with Gasteiger partial charge in [-0.25, -0.2) is 0 Å². The molecular formula is C15H19NO4. The fourth-order valence-corrected chi connectivity index (χ4v) is 1.94. The molecule has 0 unspecified atom stereocenters. The van der Waals surface area contributed by atoms with Gasteiger partial charge in [0.15, 0.2) is 0 Å². The molecule has 1 amide bonds. The Morgan fingerprint density at radius 3 is 2.90 bits per heavy atom. The summed E-state index contributed by atoms with van der Waals surface area (Å²) in [6.07, 6.45) is 6.94. The minimum absolute atomic E-state index is 0.0896. The van der Waals surface area contributed by atoms with Gasteiger partial charge in [0.25, 0.3) is 0 Å². The van der Waals surface area contributed by atoms with E-state index in [0.717, 1.165) is 12.8 Å². The molecule has 1 fully saturated rings. The highest BCUT2D eigenvalue weighted by atomic mass is 16.5. The molecular weight excluding hydrogens is 258 g/mol. The van der Waals surface area contributed by atoms with Crippen LogP contribution in [0.25, 0.3) is 6.08 Å². The molecule has 1 heterocycles. The Morgan fingerprint density at radius 1 is 1.50 bits per heavy atom. The molecule has 0 N–H and O–H groups in total. The summed E-state index contributed by atoms with van der Waals surface area (Å²) in [6, 6.07) is 3.81. The Balaban J connectivity index is 1.87. The maximum Gasteiger partial charge on any atom is 0.307 e. The Labute approximate surface area is 118 Å². The van der Waals surface area contributed by atoms with Crippen molar-refractivity contribution < 1.29 is 18.7 Å². The number of hydrogen-bond donors (Lipinski definition) is 0. The Kier molecular flexibility index (Phi) is 4.98. The van der Waals surface area contributed by atoms with Crippen LogP contribution >= 0.6 is 0 Å². The van der Waals surface area contributed by atoms with Gasteiger partial charge in [-0.3, -0.25) is 9.59 Å². The van der Waals surface area contributed by atoms with Crippen molar-refractivity contribution in [1.82, 2.24) is 4.90 Å². The van der Waals surface area contributed by atoms with E-state index >= 15 is 0 Å². The van der Waals surface area contributed by atoms with Crippen LogP contribution in [0.1, 0.15) is 31.9 Å². The predicted octanol–water partition coefficient (Wildman–Crippen LogP) is 2.24. The number of esters is 1. The van der Waals surface area contributed by atoms with E-state index in [2.05, 4.69) is 0 Å². The van der Waals surface area contributed by atoms with E-state index < -0.39 is 0 Å². The third kappa shape index (κ3) is 4.26. The molecule has 5 heteroatoms. The van der Waals surface area contributed by atoms with Crippen LogP contribution in [0.5, 0.6) is 0 Å². The zero-order valence-electron chi connectivity index (χ0n) is 11.6.